The van der Waals surface area contributed by atoms with E-state index in [4.69, 9.17) is 5.21 Å². The smallest absolute Gasteiger partial charge is 0.321 e. The Bertz CT molecular complexity index is 982. The van der Waals surface area contributed by atoms with E-state index in [-0.39, 0.29) is 11.9 Å². The summed E-state index contributed by atoms with van der Waals surface area (Å²) in [5.74, 6) is -0.363. The number of fused-ring (bicyclic) bond motifs is 1. The Hall–Kier alpha value is -3.32. The second-order valence-corrected chi connectivity index (χ2v) is 7.23. The monoisotopic (exact) mass is 408 g/mol. The molecule has 0 saturated carbocycles. The lowest BCUT2D eigenvalue weighted by Crippen LogP contribution is -2.38. The molecule has 7 heteroatoms. The van der Waals surface area contributed by atoms with Crippen molar-refractivity contribution in [1.82, 2.24) is 15.8 Å². The van der Waals surface area contributed by atoms with E-state index >= 15 is 0 Å². The van der Waals surface area contributed by atoms with Gasteiger partial charge in [0.15, 0.2) is 0 Å². The molecule has 30 heavy (non-hydrogen) atoms. The zero-order valence-corrected chi connectivity index (χ0v) is 17.1. The first-order chi connectivity index (χ1) is 14.6. The maximum Gasteiger partial charge on any atom is 0.321 e. The largest absolute Gasteiger partial charge is 0.361 e. The van der Waals surface area contributed by atoms with Crippen molar-refractivity contribution in [3.63, 3.8) is 0 Å². The van der Waals surface area contributed by atoms with E-state index in [9.17, 15) is 9.59 Å². The lowest BCUT2D eigenvalue weighted by atomic mass is 10.0. The van der Waals surface area contributed by atoms with Crippen LogP contribution in [0.4, 0.5) is 10.5 Å². The molecule has 1 heterocycles. The normalized spacial score (nSPS) is 10.7. The number of anilines is 1. The van der Waals surface area contributed by atoms with Crippen LogP contribution in [0.3, 0.4) is 0 Å². The summed E-state index contributed by atoms with van der Waals surface area (Å²) in [7, 11) is 1.63. The first-order valence-corrected chi connectivity index (χ1v) is 10.2. The van der Waals surface area contributed by atoms with E-state index in [1.807, 2.05) is 36.5 Å². The summed E-state index contributed by atoms with van der Waals surface area (Å²) < 4.78 is 0. The summed E-state index contributed by atoms with van der Waals surface area (Å²) in [6.45, 7) is 0.597. The van der Waals surface area contributed by atoms with Gasteiger partial charge in [-0.2, -0.15) is 0 Å². The lowest BCUT2D eigenvalue weighted by Gasteiger charge is -2.22. The van der Waals surface area contributed by atoms with Crippen LogP contribution in [-0.4, -0.2) is 35.7 Å². The highest BCUT2D eigenvalue weighted by Crippen LogP contribution is 2.26. The number of hydroxylamine groups is 1. The molecule has 1 aromatic heterocycles. The summed E-state index contributed by atoms with van der Waals surface area (Å²) >= 11 is 0. The van der Waals surface area contributed by atoms with Crippen molar-refractivity contribution in [2.45, 2.75) is 32.1 Å². The summed E-state index contributed by atoms with van der Waals surface area (Å²) in [6, 6.07) is 16.2. The van der Waals surface area contributed by atoms with Crippen molar-refractivity contribution in [3.05, 3.63) is 54.7 Å². The van der Waals surface area contributed by atoms with E-state index in [0.29, 0.717) is 19.4 Å². The first kappa shape index (κ1) is 21.4. The molecule has 3 amide bonds. The molecule has 0 aliphatic rings. The van der Waals surface area contributed by atoms with Gasteiger partial charge < -0.3 is 10.3 Å². The number of H-pyrrole nitrogens is 1. The molecule has 158 valence electrons. The molecule has 7 nitrogen and oxygen atoms in total. The fourth-order valence-electron chi connectivity index (χ4n) is 3.51. The van der Waals surface area contributed by atoms with Gasteiger partial charge in [-0.05, 0) is 53.6 Å². The second kappa shape index (κ2) is 10.5. The molecule has 0 atom stereocenters. The van der Waals surface area contributed by atoms with Crippen molar-refractivity contribution in [3.8, 4) is 11.1 Å². The van der Waals surface area contributed by atoms with Crippen molar-refractivity contribution >= 4 is 28.5 Å². The predicted octanol–water partition coefficient (Wildman–Crippen LogP) is 4.44. The highest BCUT2D eigenvalue weighted by Gasteiger charge is 2.14. The molecule has 0 saturated heterocycles. The van der Waals surface area contributed by atoms with Gasteiger partial charge in [-0.25, -0.2) is 10.3 Å². The third-order valence-corrected chi connectivity index (χ3v) is 5.19. The molecule has 2 aromatic carbocycles. The van der Waals surface area contributed by atoms with Crippen molar-refractivity contribution in [2.24, 2.45) is 0 Å². The van der Waals surface area contributed by atoms with Crippen LogP contribution in [0.25, 0.3) is 22.0 Å². The molecule has 0 fully saturated rings. The van der Waals surface area contributed by atoms with Crippen LogP contribution in [0.1, 0.15) is 32.1 Å². The van der Waals surface area contributed by atoms with Gasteiger partial charge in [0.25, 0.3) is 0 Å². The van der Waals surface area contributed by atoms with Gasteiger partial charge in [0, 0.05) is 37.4 Å². The number of hydrogen-bond acceptors (Lipinski definition) is 3. The minimum atomic E-state index is -0.363. The number of aromatic amines is 1. The number of nitrogens with one attached hydrogen (secondary N) is 3. The molecule has 3 aromatic rings. The quantitative estimate of drug-likeness (QED) is 0.239. The Morgan fingerprint density at radius 2 is 1.70 bits per heavy atom. The van der Waals surface area contributed by atoms with Crippen LogP contribution in [0.5, 0.6) is 0 Å². The number of urea groups is 1. The van der Waals surface area contributed by atoms with E-state index < -0.39 is 0 Å². The number of benzene rings is 2. The van der Waals surface area contributed by atoms with Gasteiger partial charge in [-0.1, -0.05) is 37.1 Å². The van der Waals surface area contributed by atoms with Crippen LogP contribution in [0, 0.1) is 0 Å². The number of nitrogens with zero attached hydrogens (tertiary/aromatic N) is 1. The van der Waals surface area contributed by atoms with Crippen molar-refractivity contribution < 1.29 is 14.8 Å². The van der Waals surface area contributed by atoms with Crippen LogP contribution in [0.15, 0.2) is 54.7 Å². The van der Waals surface area contributed by atoms with Gasteiger partial charge in [0.1, 0.15) is 0 Å². The molecule has 0 bridgehead atoms. The van der Waals surface area contributed by atoms with E-state index in [2.05, 4.69) is 28.5 Å². The minimum absolute atomic E-state index is 0.143. The number of hydrogen-bond donors (Lipinski definition) is 4. The van der Waals surface area contributed by atoms with E-state index in [1.54, 1.807) is 17.4 Å². The minimum Gasteiger partial charge on any atom is -0.361 e. The molecule has 0 aliphatic heterocycles. The summed E-state index contributed by atoms with van der Waals surface area (Å²) in [5.41, 5.74) is 5.80. The van der Waals surface area contributed by atoms with Crippen LogP contribution >= 0.6 is 0 Å². The molecule has 3 rings (SSSR count). The third-order valence-electron chi connectivity index (χ3n) is 5.19. The zero-order chi connectivity index (χ0) is 21.3. The average molecular weight is 409 g/mol. The Kier molecular flexibility index (Phi) is 7.45. The third kappa shape index (κ3) is 5.39. The number of amides is 3. The van der Waals surface area contributed by atoms with Gasteiger partial charge in [-0.3, -0.25) is 14.9 Å². The molecule has 0 radical (unpaired) electrons. The molecule has 0 unspecified atom stereocenters. The lowest BCUT2D eigenvalue weighted by molar-refractivity contribution is -0.129. The summed E-state index contributed by atoms with van der Waals surface area (Å²) in [5, 5.41) is 12.4. The molecule has 0 spiro atoms. The van der Waals surface area contributed by atoms with Crippen molar-refractivity contribution in [2.75, 3.05) is 18.5 Å². The number of carbonyl (C=O) groups excluding carboxylic acids is 2. The number of aromatic nitrogens is 1. The second-order valence-electron chi connectivity index (χ2n) is 7.23. The summed E-state index contributed by atoms with van der Waals surface area (Å²) in [6.07, 6.45) is 5.56. The van der Waals surface area contributed by atoms with Crippen LogP contribution < -0.4 is 15.7 Å². The first-order valence-electron chi connectivity index (χ1n) is 10.2. The SMILES string of the molecule is CNC(=O)N(CCCCCCC(=O)NO)c1ccc(-c2ccc3cc[nH]c3c2)cc1. The fraction of sp³-hybridized carbons (Fsp3) is 0.304. The number of unbranched alkanes of at least 4 members (excludes halogenated alkanes) is 3. The molecule has 0 aliphatic carbocycles. The van der Waals surface area contributed by atoms with E-state index in [1.165, 1.54) is 5.39 Å². The zero-order valence-electron chi connectivity index (χ0n) is 17.1. The number of carbonyl (C=O) groups is 2. The topological polar surface area (TPSA) is 97.5 Å². The van der Waals surface area contributed by atoms with Gasteiger partial charge in [0.2, 0.25) is 5.91 Å². The molecule has 4 N–H and O–H groups in total. The van der Waals surface area contributed by atoms with Gasteiger partial charge >= 0.3 is 6.03 Å². The Labute approximate surface area is 176 Å². The highest BCUT2D eigenvalue weighted by atomic mass is 16.5. The van der Waals surface area contributed by atoms with E-state index in [0.717, 1.165) is 41.6 Å². The average Bonchev–Trinajstić information content (AvgIpc) is 3.26. The van der Waals surface area contributed by atoms with Gasteiger partial charge in [0.05, 0.1) is 0 Å². The summed E-state index contributed by atoms with van der Waals surface area (Å²) in [4.78, 5) is 28.4. The standard InChI is InChI=1S/C23H28N4O3/c1-24-23(29)27(15-5-3-2-4-6-22(28)26-30)20-11-9-17(10-12-20)19-8-7-18-13-14-25-21(18)16-19/h7-14,16,25,30H,2-6,15H2,1H3,(H,24,29)(H,26,28). The maximum absolute atomic E-state index is 12.4. The fourth-order valence-corrected chi connectivity index (χ4v) is 3.51. The number of rotatable bonds is 9. The molecular formula is C23H28N4O3. The Morgan fingerprint density at radius 3 is 2.43 bits per heavy atom. The molecular weight excluding hydrogens is 380 g/mol. The van der Waals surface area contributed by atoms with Crippen LogP contribution in [0.2, 0.25) is 0 Å². The van der Waals surface area contributed by atoms with Crippen LogP contribution in [-0.2, 0) is 4.79 Å². The maximum atomic E-state index is 12.4. The van der Waals surface area contributed by atoms with Crippen molar-refractivity contribution in [1.29, 1.82) is 0 Å². The predicted molar refractivity (Wildman–Crippen MR) is 119 cm³/mol. The highest BCUT2D eigenvalue weighted by molar-refractivity contribution is 5.92. The Balaban J connectivity index is 1.61. The van der Waals surface area contributed by atoms with Gasteiger partial charge in [-0.15, -0.1) is 0 Å². The Morgan fingerprint density at radius 1 is 0.967 bits per heavy atom.